The molecule has 0 saturated carbocycles. The first kappa shape index (κ1) is 15.0. The summed E-state index contributed by atoms with van der Waals surface area (Å²) in [4.78, 5) is 11.6. The van der Waals surface area contributed by atoms with E-state index in [1.807, 2.05) is 32.0 Å². The predicted molar refractivity (Wildman–Crippen MR) is 76.3 cm³/mol. The highest BCUT2D eigenvalue weighted by molar-refractivity contribution is 7.91. The van der Waals surface area contributed by atoms with Gasteiger partial charge in [0.05, 0.1) is 18.6 Å². The minimum absolute atomic E-state index is 0.00436. The maximum atomic E-state index is 12.0. The molecule has 1 aliphatic heterocycles. The normalized spacial score (nSPS) is 25.1. The second-order valence-corrected chi connectivity index (χ2v) is 7.39. The van der Waals surface area contributed by atoms with Crippen molar-refractivity contribution >= 4 is 15.8 Å². The number of carbonyl (C=O) groups excluding carboxylic acids is 1. The first-order valence-corrected chi connectivity index (χ1v) is 8.26. The van der Waals surface area contributed by atoms with E-state index in [2.05, 4.69) is 10.1 Å². The number of rotatable bonds is 2. The highest BCUT2D eigenvalue weighted by Crippen LogP contribution is 2.25. The number of esters is 1. The van der Waals surface area contributed by atoms with Crippen LogP contribution in [0, 0.1) is 13.8 Å². The van der Waals surface area contributed by atoms with Gasteiger partial charge in [0, 0.05) is 6.04 Å². The quantitative estimate of drug-likeness (QED) is 0.821. The number of hydrogen-bond acceptors (Lipinski definition) is 5. The van der Waals surface area contributed by atoms with Gasteiger partial charge in [-0.15, -0.1) is 0 Å². The molecule has 0 bridgehead atoms. The van der Waals surface area contributed by atoms with Crippen molar-refractivity contribution in [2.24, 2.45) is 0 Å². The van der Waals surface area contributed by atoms with Crippen molar-refractivity contribution in [3.05, 3.63) is 34.9 Å². The largest absolute Gasteiger partial charge is 0.468 e. The smallest absolute Gasteiger partial charge is 0.323 e. The lowest BCUT2D eigenvalue weighted by Gasteiger charge is -2.30. The van der Waals surface area contributed by atoms with Crippen molar-refractivity contribution in [1.82, 2.24) is 5.32 Å². The molecule has 0 amide bonds. The van der Waals surface area contributed by atoms with Gasteiger partial charge < -0.3 is 4.74 Å². The number of benzene rings is 1. The average molecular weight is 297 g/mol. The minimum atomic E-state index is -3.27. The van der Waals surface area contributed by atoms with Gasteiger partial charge in [-0.3, -0.25) is 10.1 Å². The SMILES string of the molecule is COC(=O)C1CS(=O)(=O)CC(c2ccc(C)cc2C)N1. The zero-order valence-electron chi connectivity index (χ0n) is 11.8. The van der Waals surface area contributed by atoms with Crippen LogP contribution in [0.15, 0.2) is 18.2 Å². The van der Waals surface area contributed by atoms with Gasteiger partial charge >= 0.3 is 5.97 Å². The summed E-state index contributed by atoms with van der Waals surface area (Å²) < 4.78 is 28.6. The summed E-state index contributed by atoms with van der Waals surface area (Å²) in [6.45, 7) is 3.93. The molecule has 6 heteroatoms. The maximum Gasteiger partial charge on any atom is 0.323 e. The molecule has 2 unspecified atom stereocenters. The monoisotopic (exact) mass is 297 g/mol. The van der Waals surface area contributed by atoms with E-state index in [1.165, 1.54) is 7.11 Å². The van der Waals surface area contributed by atoms with Crippen LogP contribution >= 0.6 is 0 Å². The van der Waals surface area contributed by atoms with Gasteiger partial charge in [0.1, 0.15) is 6.04 Å². The Kier molecular flexibility index (Phi) is 4.15. The molecule has 0 radical (unpaired) electrons. The van der Waals surface area contributed by atoms with Crippen LogP contribution in [0.5, 0.6) is 0 Å². The molecular weight excluding hydrogens is 278 g/mol. The summed E-state index contributed by atoms with van der Waals surface area (Å²) in [5.41, 5.74) is 3.05. The molecule has 0 spiro atoms. The van der Waals surface area contributed by atoms with Crippen LogP contribution in [-0.4, -0.2) is 39.0 Å². The summed E-state index contributed by atoms with van der Waals surface area (Å²) in [6, 6.07) is 4.68. The lowest BCUT2D eigenvalue weighted by molar-refractivity contribution is -0.142. The van der Waals surface area contributed by atoms with Crippen LogP contribution in [-0.2, 0) is 19.4 Å². The molecule has 1 heterocycles. The van der Waals surface area contributed by atoms with Gasteiger partial charge in [0.2, 0.25) is 0 Å². The molecule has 110 valence electrons. The third-order valence-electron chi connectivity index (χ3n) is 3.53. The van der Waals surface area contributed by atoms with Crippen LogP contribution in [0.4, 0.5) is 0 Å². The molecule has 1 aromatic carbocycles. The summed E-state index contributed by atoms with van der Waals surface area (Å²) in [7, 11) is -2.01. The van der Waals surface area contributed by atoms with Gasteiger partial charge in [-0.1, -0.05) is 23.8 Å². The molecule has 1 N–H and O–H groups in total. The van der Waals surface area contributed by atoms with E-state index >= 15 is 0 Å². The second kappa shape index (κ2) is 5.54. The van der Waals surface area contributed by atoms with Crippen LogP contribution in [0.2, 0.25) is 0 Å². The lowest BCUT2D eigenvalue weighted by Crippen LogP contribution is -2.51. The lowest BCUT2D eigenvalue weighted by atomic mass is 9.99. The summed E-state index contributed by atoms with van der Waals surface area (Å²) in [6.07, 6.45) is 0. The van der Waals surface area contributed by atoms with E-state index in [0.29, 0.717) is 0 Å². The number of sulfone groups is 1. The van der Waals surface area contributed by atoms with Crippen molar-refractivity contribution in [2.75, 3.05) is 18.6 Å². The number of carbonyl (C=O) groups is 1. The topological polar surface area (TPSA) is 72.5 Å². The molecule has 5 nitrogen and oxygen atoms in total. The summed E-state index contributed by atoms with van der Waals surface area (Å²) >= 11 is 0. The fourth-order valence-electron chi connectivity index (χ4n) is 2.59. The minimum Gasteiger partial charge on any atom is -0.468 e. The van der Waals surface area contributed by atoms with Crippen LogP contribution in [0.25, 0.3) is 0 Å². The average Bonchev–Trinajstić information content (AvgIpc) is 2.35. The van der Waals surface area contributed by atoms with Crippen LogP contribution in [0.3, 0.4) is 0 Å². The van der Waals surface area contributed by atoms with Crippen molar-refractivity contribution < 1.29 is 17.9 Å². The number of hydrogen-bond donors (Lipinski definition) is 1. The molecular formula is C14H19NO4S. The van der Waals surface area contributed by atoms with Crippen LogP contribution < -0.4 is 5.32 Å². The number of aryl methyl sites for hydroxylation is 2. The molecule has 1 saturated heterocycles. The number of methoxy groups -OCH3 is 1. The van der Waals surface area contributed by atoms with E-state index in [1.54, 1.807) is 0 Å². The highest BCUT2D eigenvalue weighted by atomic mass is 32.2. The maximum absolute atomic E-state index is 12.0. The molecule has 0 aromatic heterocycles. The van der Waals surface area contributed by atoms with Gasteiger partial charge in [-0.25, -0.2) is 8.42 Å². The zero-order valence-corrected chi connectivity index (χ0v) is 12.7. The molecule has 2 atom stereocenters. The zero-order chi connectivity index (χ0) is 14.9. The first-order valence-electron chi connectivity index (χ1n) is 6.44. The molecule has 0 aliphatic carbocycles. The number of nitrogens with one attached hydrogen (secondary N) is 1. The standard InChI is InChI=1S/C14H19NO4S/c1-9-4-5-11(10(2)6-9)12-7-20(17,18)8-13(15-12)14(16)19-3/h4-6,12-13,15H,7-8H2,1-3H3. The Morgan fingerprint density at radius 3 is 2.60 bits per heavy atom. The first-order chi connectivity index (χ1) is 9.32. The van der Waals surface area contributed by atoms with E-state index in [9.17, 15) is 13.2 Å². The molecule has 20 heavy (non-hydrogen) atoms. The van der Waals surface area contributed by atoms with E-state index < -0.39 is 21.8 Å². The molecule has 2 rings (SSSR count). The predicted octanol–water partition coefficient (Wildman–Crippen LogP) is 0.904. The van der Waals surface area contributed by atoms with Crippen molar-refractivity contribution in [3.8, 4) is 0 Å². The van der Waals surface area contributed by atoms with Gasteiger partial charge in [0.15, 0.2) is 9.84 Å². The third kappa shape index (κ3) is 3.19. The van der Waals surface area contributed by atoms with Crippen molar-refractivity contribution in [1.29, 1.82) is 0 Å². The van der Waals surface area contributed by atoms with E-state index in [-0.39, 0.29) is 17.5 Å². The third-order valence-corrected chi connectivity index (χ3v) is 5.21. The molecule has 1 aliphatic rings. The van der Waals surface area contributed by atoms with Gasteiger partial charge in [0.25, 0.3) is 0 Å². The van der Waals surface area contributed by atoms with Crippen LogP contribution in [0.1, 0.15) is 22.7 Å². The summed E-state index contributed by atoms with van der Waals surface area (Å²) in [5.74, 6) is -0.742. The van der Waals surface area contributed by atoms with Crippen molar-refractivity contribution in [3.63, 3.8) is 0 Å². The fourth-order valence-corrected chi connectivity index (χ4v) is 4.25. The van der Waals surface area contributed by atoms with Gasteiger partial charge in [-0.05, 0) is 25.0 Å². The Bertz CT molecular complexity index is 624. The van der Waals surface area contributed by atoms with E-state index in [0.717, 1.165) is 16.7 Å². The second-order valence-electron chi connectivity index (χ2n) is 5.23. The Labute approximate surface area is 119 Å². The highest BCUT2D eigenvalue weighted by Gasteiger charge is 2.36. The van der Waals surface area contributed by atoms with Gasteiger partial charge in [-0.2, -0.15) is 0 Å². The van der Waals surface area contributed by atoms with E-state index in [4.69, 9.17) is 0 Å². The Hall–Kier alpha value is -1.40. The molecule has 1 aromatic rings. The fraction of sp³-hybridized carbons (Fsp3) is 0.500. The summed E-state index contributed by atoms with van der Waals surface area (Å²) in [5, 5.41) is 3.08. The molecule has 1 fully saturated rings. The van der Waals surface area contributed by atoms with Crippen molar-refractivity contribution in [2.45, 2.75) is 25.9 Å². The Balaban J connectivity index is 2.33. The number of ether oxygens (including phenoxy) is 1. The Morgan fingerprint density at radius 2 is 2.00 bits per heavy atom. The Morgan fingerprint density at radius 1 is 1.30 bits per heavy atom.